The predicted octanol–water partition coefficient (Wildman–Crippen LogP) is 1.98. The number of nitrogens with zero attached hydrogens (tertiary/aromatic N) is 3. The first kappa shape index (κ1) is 21.4. The number of pyridine rings is 1. The molecular formula is C23H24N4O5. The second-order valence-electron chi connectivity index (χ2n) is 7.51. The standard InChI is InChI=1S/C23H24N4O5/c1-31-18-7-5-15(14-19(18)32-2)6-8-20(28)26-12-9-16(10-13-26)27-22(29)17-4-3-11-24-21(17)25-23(27)30/h3-8,11,14,16H,9-10,12-13H2,1-2H3,(H,24,25,30)/b8-6+. The minimum absolute atomic E-state index is 0.123. The average molecular weight is 436 g/mol. The summed E-state index contributed by atoms with van der Waals surface area (Å²) in [4.78, 5) is 46.4. The van der Waals surface area contributed by atoms with Crippen LogP contribution in [0.25, 0.3) is 17.1 Å². The topological polar surface area (TPSA) is 107 Å². The molecule has 9 heteroatoms. The first-order valence-electron chi connectivity index (χ1n) is 10.3. The Balaban J connectivity index is 1.45. The summed E-state index contributed by atoms with van der Waals surface area (Å²) in [6.45, 7) is 0.910. The minimum atomic E-state index is -0.473. The number of carbonyl (C=O) groups excluding carboxylic acids is 1. The Kier molecular flexibility index (Phi) is 6.07. The second kappa shape index (κ2) is 9.09. The van der Waals surface area contributed by atoms with E-state index in [1.165, 1.54) is 16.8 Å². The molecule has 0 bridgehead atoms. The van der Waals surface area contributed by atoms with Crippen LogP contribution < -0.4 is 20.7 Å². The Hall–Kier alpha value is -3.88. The molecule has 3 aromatic rings. The molecule has 9 nitrogen and oxygen atoms in total. The number of benzene rings is 1. The van der Waals surface area contributed by atoms with Crippen LogP contribution in [0, 0.1) is 0 Å². The van der Waals surface area contributed by atoms with E-state index >= 15 is 0 Å². The Morgan fingerprint density at radius 1 is 1.12 bits per heavy atom. The summed E-state index contributed by atoms with van der Waals surface area (Å²) in [6, 6.07) is 8.46. The molecule has 4 rings (SSSR count). The molecule has 1 amide bonds. The highest BCUT2D eigenvalue weighted by Crippen LogP contribution is 2.28. The van der Waals surface area contributed by atoms with Crippen molar-refractivity contribution in [2.75, 3.05) is 27.3 Å². The SMILES string of the molecule is COc1ccc(/C=C/C(=O)N2CCC(n3c(=O)[nH]c4ncccc4c3=O)CC2)cc1OC. The quantitative estimate of drug-likeness (QED) is 0.613. The number of hydrogen-bond acceptors (Lipinski definition) is 6. The van der Waals surface area contributed by atoms with Gasteiger partial charge in [-0.3, -0.25) is 19.1 Å². The number of H-pyrrole nitrogens is 1. The molecule has 3 heterocycles. The average Bonchev–Trinajstić information content (AvgIpc) is 2.82. The van der Waals surface area contributed by atoms with Gasteiger partial charge in [0.15, 0.2) is 11.5 Å². The van der Waals surface area contributed by atoms with Gasteiger partial charge in [-0.1, -0.05) is 6.07 Å². The molecule has 1 aromatic carbocycles. The number of aromatic amines is 1. The third-order valence-electron chi connectivity index (χ3n) is 5.67. The number of carbonyl (C=O) groups is 1. The Morgan fingerprint density at radius 2 is 1.88 bits per heavy atom. The third-order valence-corrected chi connectivity index (χ3v) is 5.67. The molecule has 0 aliphatic carbocycles. The molecule has 1 aliphatic heterocycles. The molecule has 0 atom stereocenters. The Morgan fingerprint density at radius 3 is 2.59 bits per heavy atom. The number of ether oxygens (including phenoxy) is 2. The van der Waals surface area contributed by atoms with Gasteiger partial charge in [-0.15, -0.1) is 0 Å². The molecule has 1 N–H and O–H groups in total. The van der Waals surface area contributed by atoms with Crippen LogP contribution in [0.3, 0.4) is 0 Å². The summed E-state index contributed by atoms with van der Waals surface area (Å²) >= 11 is 0. The molecule has 32 heavy (non-hydrogen) atoms. The number of piperidine rings is 1. The van der Waals surface area contributed by atoms with Crippen molar-refractivity contribution in [1.82, 2.24) is 19.4 Å². The molecule has 1 saturated heterocycles. The summed E-state index contributed by atoms with van der Waals surface area (Å²) in [7, 11) is 3.13. The highest BCUT2D eigenvalue weighted by molar-refractivity contribution is 5.92. The van der Waals surface area contributed by atoms with Crippen molar-refractivity contribution >= 4 is 23.0 Å². The number of rotatable bonds is 5. The molecule has 2 aromatic heterocycles. The Labute approximate surface area is 183 Å². The molecule has 1 aliphatic rings. The first-order valence-corrected chi connectivity index (χ1v) is 10.3. The maximum atomic E-state index is 12.8. The van der Waals surface area contributed by atoms with E-state index in [1.807, 2.05) is 6.07 Å². The van der Waals surface area contributed by atoms with Crippen molar-refractivity contribution in [3.8, 4) is 11.5 Å². The summed E-state index contributed by atoms with van der Waals surface area (Å²) < 4.78 is 11.8. The summed E-state index contributed by atoms with van der Waals surface area (Å²) in [5, 5.41) is 0.378. The van der Waals surface area contributed by atoms with Crippen LogP contribution in [0.4, 0.5) is 0 Å². The van der Waals surface area contributed by atoms with E-state index in [0.29, 0.717) is 42.8 Å². The number of nitrogens with one attached hydrogen (secondary N) is 1. The minimum Gasteiger partial charge on any atom is -0.493 e. The van der Waals surface area contributed by atoms with Gasteiger partial charge >= 0.3 is 5.69 Å². The summed E-state index contributed by atoms with van der Waals surface area (Å²) in [5.74, 6) is 1.08. The van der Waals surface area contributed by atoms with E-state index in [1.54, 1.807) is 49.5 Å². The lowest BCUT2D eigenvalue weighted by atomic mass is 10.0. The number of amides is 1. The second-order valence-corrected chi connectivity index (χ2v) is 7.51. The molecule has 0 spiro atoms. The Bertz CT molecular complexity index is 1290. The maximum absolute atomic E-state index is 12.8. The fourth-order valence-electron chi connectivity index (χ4n) is 3.97. The van der Waals surface area contributed by atoms with Crippen LogP contribution in [0.2, 0.25) is 0 Å². The molecule has 0 unspecified atom stereocenters. The molecule has 0 saturated carbocycles. The van der Waals surface area contributed by atoms with Crippen LogP contribution in [0.15, 0.2) is 52.2 Å². The highest BCUT2D eigenvalue weighted by atomic mass is 16.5. The van der Waals surface area contributed by atoms with Gasteiger partial charge < -0.3 is 14.4 Å². The van der Waals surface area contributed by atoms with E-state index in [2.05, 4.69) is 9.97 Å². The van der Waals surface area contributed by atoms with Crippen LogP contribution in [-0.2, 0) is 4.79 Å². The lowest BCUT2D eigenvalue weighted by molar-refractivity contribution is -0.127. The van der Waals surface area contributed by atoms with Crippen molar-refractivity contribution < 1.29 is 14.3 Å². The van der Waals surface area contributed by atoms with E-state index in [4.69, 9.17) is 9.47 Å². The van der Waals surface area contributed by atoms with Crippen molar-refractivity contribution in [2.24, 2.45) is 0 Å². The van der Waals surface area contributed by atoms with Gasteiger partial charge in [0.25, 0.3) is 5.56 Å². The molecule has 166 valence electrons. The van der Waals surface area contributed by atoms with Gasteiger partial charge in [0, 0.05) is 31.4 Å². The largest absolute Gasteiger partial charge is 0.493 e. The lowest BCUT2D eigenvalue weighted by Crippen LogP contribution is -2.44. The van der Waals surface area contributed by atoms with Crippen LogP contribution in [0.1, 0.15) is 24.4 Å². The fourth-order valence-corrected chi connectivity index (χ4v) is 3.97. The fraction of sp³-hybridized carbons (Fsp3) is 0.304. The first-order chi connectivity index (χ1) is 15.5. The summed E-state index contributed by atoms with van der Waals surface area (Å²) in [5.41, 5.74) is 0.273. The monoisotopic (exact) mass is 436 g/mol. The van der Waals surface area contributed by atoms with Crippen LogP contribution in [0.5, 0.6) is 11.5 Å². The normalized spacial score (nSPS) is 14.8. The van der Waals surface area contributed by atoms with Gasteiger partial charge in [-0.2, -0.15) is 0 Å². The predicted molar refractivity (Wildman–Crippen MR) is 120 cm³/mol. The highest BCUT2D eigenvalue weighted by Gasteiger charge is 2.25. The smallest absolute Gasteiger partial charge is 0.330 e. The van der Waals surface area contributed by atoms with Gasteiger partial charge in [-0.05, 0) is 48.7 Å². The van der Waals surface area contributed by atoms with Gasteiger partial charge in [0.2, 0.25) is 5.91 Å². The van der Waals surface area contributed by atoms with Crippen molar-refractivity contribution in [2.45, 2.75) is 18.9 Å². The van der Waals surface area contributed by atoms with Gasteiger partial charge in [0.1, 0.15) is 5.65 Å². The van der Waals surface area contributed by atoms with Crippen molar-refractivity contribution in [3.63, 3.8) is 0 Å². The van der Waals surface area contributed by atoms with Crippen LogP contribution in [-0.4, -0.2) is 52.7 Å². The zero-order valence-electron chi connectivity index (χ0n) is 17.9. The number of likely N-dealkylation sites (tertiary alicyclic amines) is 1. The van der Waals surface area contributed by atoms with E-state index in [-0.39, 0.29) is 23.2 Å². The zero-order valence-corrected chi connectivity index (χ0v) is 17.9. The van der Waals surface area contributed by atoms with Gasteiger partial charge in [-0.25, -0.2) is 9.78 Å². The van der Waals surface area contributed by atoms with Crippen molar-refractivity contribution in [3.05, 3.63) is 69.0 Å². The lowest BCUT2D eigenvalue weighted by Gasteiger charge is -2.31. The van der Waals surface area contributed by atoms with E-state index in [0.717, 1.165) is 5.56 Å². The van der Waals surface area contributed by atoms with Crippen molar-refractivity contribution in [1.29, 1.82) is 0 Å². The third kappa shape index (κ3) is 4.14. The molecule has 0 radical (unpaired) electrons. The molecular weight excluding hydrogens is 412 g/mol. The van der Waals surface area contributed by atoms with E-state index < -0.39 is 5.69 Å². The van der Waals surface area contributed by atoms with Crippen LogP contribution >= 0.6 is 0 Å². The zero-order chi connectivity index (χ0) is 22.7. The number of aromatic nitrogens is 3. The number of hydrogen-bond donors (Lipinski definition) is 1. The maximum Gasteiger partial charge on any atom is 0.330 e. The van der Waals surface area contributed by atoms with E-state index in [9.17, 15) is 14.4 Å². The molecule has 1 fully saturated rings. The number of methoxy groups -OCH3 is 2. The number of fused-ring (bicyclic) bond motifs is 1. The van der Waals surface area contributed by atoms with Gasteiger partial charge in [0.05, 0.1) is 19.6 Å². The summed E-state index contributed by atoms with van der Waals surface area (Å²) in [6.07, 6.45) is 5.81.